The Morgan fingerprint density at radius 2 is 2.38 bits per heavy atom. The minimum Gasteiger partial charge on any atom is -0.479 e. The van der Waals surface area contributed by atoms with Crippen LogP contribution in [0.5, 0.6) is 5.88 Å². The standard InChI is InChI=1S/C18H21N5O3/c1-25-16-9-14(26-22-16)5-7-17(24)23-8-2-3-13(11-23)15-6-4-12-10-19-21-18(12)20-15/h4,6,9-10,13H,2-3,5,7-8,11H2,1H3,(H,19,20,21)/t13-/m0/s1. The van der Waals surface area contributed by atoms with Crippen LogP contribution < -0.4 is 4.74 Å². The van der Waals surface area contributed by atoms with Crippen LogP contribution in [0.4, 0.5) is 0 Å². The van der Waals surface area contributed by atoms with Crippen molar-refractivity contribution in [2.75, 3.05) is 20.2 Å². The van der Waals surface area contributed by atoms with Gasteiger partial charge >= 0.3 is 0 Å². The molecule has 3 aromatic heterocycles. The van der Waals surface area contributed by atoms with E-state index in [1.165, 1.54) is 7.11 Å². The first kappa shape index (κ1) is 16.6. The van der Waals surface area contributed by atoms with Gasteiger partial charge in [0.15, 0.2) is 5.65 Å². The van der Waals surface area contributed by atoms with Crippen molar-refractivity contribution in [3.8, 4) is 5.88 Å². The van der Waals surface area contributed by atoms with Gasteiger partial charge in [0, 0.05) is 49.0 Å². The highest BCUT2D eigenvalue weighted by atomic mass is 16.5. The number of likely N-dealkylation sites (tertiary alicyclic amines) is 1. The summed E-state index contributed by atoms with van der Waals surface area (Å²) in [4.78, 5) is 19.2. The van der Waals surface area contributed by atoms with Crippen molar-refractivity contribution in [3.63, 3.8) is 0 Å². The van der Waals surface area contributed by atoms with Gasteiger partial charge in [0.2, 0.25) is 5.91 Å². The van der Waals surface area contributed by atoms with E-state index in [0.29, 0.717) is 31.0 Å². The molecule has 8 heteroatoms. The van der Waals surface area contributed by atoms with Crippen molar-refractivity contribution in [1.82, 2.24) is 25.2 Å². The topological polar surface area (TPSA) is 97.1 Å². The number of ether oxygens (including phenoxy) is 1. The molecule has 1 N–H and O–H groups in total. The number of carbonyl (C=O) groups is 1. The van der Waals surface area contributed by atoms with E-state index in [2.05, 4.69) is 20.3 Å². The van der Waals surface area contributed by atoms with Gasteiger partial charge in [-0.05, 0) is 30.1 Å². The summed E-state index contributed by atoms with van der Waals surface area (Å²) in [6, 6.07) is 5.78. The van der Waals surface area contributed by atoms with Crippen LogP contribution in [0.3, 0.4) is 0 Å². The Balaban J connectivity index is 1.38. The number of aromatic amines is 1. The molecule has 0 unspecified atom stereocenters. The molecule has 0 radical (unpaired) electrons. The van der Waals surface area contributed by atoms with Crippen molar-refractivity contribution in [2.45, 2.75) is 31.6 Å². The second-order valence-corrected chi connectivity index (χ2v) is 6.56. The van der Waals surface area contributed by atoms with Crippen LogP contribution in [0.2, 0.25) is 0 Å². The number of amides is 1. The summed E-state index contributed by atoms with van der Waals surface area (Å²) in [6.45, 7) is 1.49. The molecule has 0 saturated carbocycles. The molecule has 136 valence electrons. The van der Waals surface area contributed by atoms with Gasteiger partial charge < -0.3 is 14.2 Å². The number of carbonyl (C=O) groups excluding carboxylic acids is 1. The van der Waals surface area contributed by atoms with E-state index in [1.54, 1.807) is 12.3 Å². The van der Waals surface area contributed by atoms with Crippen LogP contribution in [0.1, 0.15) is 36.6 Å². The number of aryl methyl sites for hydroxylation is 1. The Morgan fingerprint density at radius 3 is 3.23 bits per heavy atom. The lowest BCUT2D eigenvalue weighted by Crippen LogP contribution is -2.39. The Kier molecular flexibility index (Phi) is 4.55. The third-order valence-corrected chi connectivity index (χ3v) is 4.85. The first-order valence-electron chi connectivity index (χ1n) is 8.80. The molecule has 0 spiro atoms. The van der Waals surface area contributed by atoms with Crippen molar-refractivity contribution in [1.29, 1.82) is 0 Å². The molecular weight excluding hydrogens is 334 g/mol. The molecule has 1 atom stereocenters. The van der Waals surface area contributed by atoms with Crippen LogP contribution in [-0.2, 0) is 11.2 Å². The Morgan fingerprint density at radius 1 is 1.46 bits per heavy atom. The number of methoxy groups -OCH3 is 1. The van der Waals surface area contributed by atoms with E-state index in [4.69, 9.17) is 9.26 Å². The smallest absolute Gasteiger partial charge is 0.254 e. The fourth-order valence-electron chi connectivity index (χ4n) is 3.41. The highest BCUT2D eigenvalue weighted by Crippen LogP contribution is 2.27. The average molecular weight is 355 g/mol. The van der Waals surface area contributed by atoms with Gasteiger partial charge in [-0.2, -0.15) is 5.10 Å². The van der Waals surface area contributed by atoms with Crippen molar-refractivity contribution in [2.24, 2.45) is 0 Å². The van der Waals surface area contributed by atoms with Crippen LogP contribution in [-0.4, -0.2) is 51.3 Å². The Hall–Kier alpha value is -2.90. The zero-order valence-corrected chi connectivity index (χ0v) is 14.6. The number of aromatic nitrogens is 4. The molecule has 1 saturated heterocycles. The summed E-state index contributed by atoms with van der Waals surface area (Å²) in [5, 5.41) is 11.7. The molecule has 8 nitrogen and oxygen atoms in total. The largest absolute Gasteiger partial charge is 0.479 e. The lowest BCUT2D eigenvalue weighted by Gasteiger charge is -2.32. The predicted octanol–water partition coefficient (Wildman–Crippen LogP) is 2.29. The van der Waals surface area contributed by atoms with Crippen molar-refractivity contribution in [3.05, 3.63) is 35.9 Å². The first-order chi connectivity index (χ1) is 12.7. The van der Waals surface area contributed by atoms with Crippen LogP contribution in [0.25, 0.3) is 11.0 Å². The number of nitrogens with one attached hydrogen (secondary N) is 1. The summed E-state index contributed by atoms with van der Waals surface area (Å²) in [5.41, 5.74) is 1.81. The average Bonchev–Trinajstić information content (AvgIpc) is 3.34. The summed E-state index contributed by atoms with van der Waals surface area (Å²) in [5.74, 6) is 1.49. The molecule has 0 aromatic carbocycles. The van der Waals surface area contributed by atoms with E-state index in [9.17, 15) is 4.79 Å². The van der Waals surface area contributed by atoms with E-state index in [0.717, 1.165) is 36.1 Å². The van der Waals surface area contributed by atoms with Gasteiger partial charge in [-0.25, -0.2) is 4.98 Å². The fraction of sp³-hybridized carbons (Fsp3) is 0.444. The van der Waals surface area contributed by atoms with E-state index >= 15 is 0 Å². The normalized spacial score (nSPS) is 17.6. The maximum Gasteiger partial charge on any atom is 0.254 e. The number of hydrogen-bond acceptors (Lipinski definition) is 6. The number of fused-ring (bicyclic) bond motifs is 1. The molecule has 1 aliphatic heterocycles. The Labute approximate surface area is 150 Å². The number of pyridine rings is 1. The van der Waals surface area contributed by atoms with Crippen molar-refractivity contribution < 1.29 is 14.1 Å². The van der Waals surface area contributed by atoms with Gasteiger partial charge in [-0.3, -0.25) is 9.89 Å². The lowest BCUT2D eigenvalue weighted by molar-refractivity contribution is -0.132. The molecule has 4 heterocycles. The zero-order valence-electron chi connectivity index (χ0n) is 14.6. The SMILES string of the molecule is COc1cc(CCC(=O)N2CCC[C@H](c3ccc4cn[nH]c4n3)C2)on1. The maximum absolute atomic E-state index is 12.6. The molecule has 1 amide bonds. The monoisotopic (exact) mass is 355 g/mol. The van der Waals surface area contributed by atoms with Crippen LogP contribution in [0.15, 0.2) is 28.9 Å². The molecular formula is C18H21N5O3. The summed E-state index contributed by atoms with van der Waals surface area (Å²) < 4.78 is 10.1. The summed E-state index contributed by atoms with van der Waals surface area (Å²) >= 11 is 0. The quantitative estimate of drug-likeness (QED) is 0.754. The number of rotatable bonds is 5. The molecule has 0 aliphatic carbocycles. The maximum atomic E-state index is 12.6. The third kappa shape index (κ3) is 3.40. The number of H-pyrrole nitrogens is 1. The molecule has 3 aromatic rings. The molecule has 1 fully saturated rings. The highest BCUT2D eigenvalue weighted by Gasteiger charge is 2.26. The minimum absolute atomic E-state index is 0.132. The number of nitrogens with zero attached hydrogens (tertiary/aromatic N) is 4. The molecule has 26 heavy (non-hydrogen) atoms. The Bertz CT molecular complexity index is 903. The van der Waals surface area contributed by atoms with Crippen LogP contribution >= 0.6 is 0 Å². The highest BCUT2D eigenvalue weighted by molar-refractivity contribution is 5.76. The van der Waals surface area contributed by atoms with Crippen molar-refractivity contribution >= 4 is 16.9 Å². The lowest BCUT2D eigenvalue weighted by atomic mass is 9.94. The number of piperidine rings is 1. The zero-order chi connectivity index (χ0) is 17.9. The molecule has 1 aliphatic rings. The van der Waals surface area contributed by atoms with E-state index in [-0.39, 0.29) is 11.8 Å². The second kappa shape index (κ2) is 7.15. The number of hydrogen-bond donors (Lipinski definition) is 1. The van der Waals surface area contributed by atoms with Gasteiger partial charge in [0.25, 0.3) is 5.88 Å². The van der Waals surface area contributed by atoms with E-state index in [1.807, 2.05) is 17.0 Å². The summed E-state index contributed by atoms with van der Waals surface area (Å²) in [6.07, 6.45) is 4.71. The summed E-state index contributed by atoms with van der Waals surface area (Å²) in [7, 11) is 1.54. The minimum atomic E-state index is 0.132. The van der Waals surface area contributed by atoms with Crippen LogP contribution in [0, 0.1) is 0 Å². The third-order valence-electron chi connectivity index (χ3n) is 4.85. The first-order valence-corrected chi connectivity index (χ1v) is 8.80. The van der Waals surface area contributed by atoms with Gasteiger partial charge in [0.1, 0.15) is 5.76 Å². The second-order valence-electron chi connectivity index (χ2n) is 6.56. The molecule has 4 rings (SSSR count). The molecule has 0 bridgehead atoms. The predicted molar refractivity (Wildman–Crippen MR) is 93.8 cm³/mol. The van der Waals surface area contributed by atoms with Gasteiger partial charge in [-0.15, -0.1) is 0 Å². The van der Waals surface area contributed by atoms with E-state index < -0.39 is 0 Å². The van der Waals surface area contributed by atoms with Gasteiger partial charge in [-0.1, -0.05) is 0 Å². The van der Waals surface area contributed by atoms with Gasteiger partial charge in [0.05, 0.1) is 13.3 Å². The fourth-order valence-corrected chi connectivity index (χ4v) is 3.41.